The summed E-state index contributed by atoms with van der Waals surface area (Å²) in [7, 11) is 0. The molecule has 324 valence electrons. The van der Waals surface area contributed by atoms with Crippen LogP contribution in [0.3, 0.4) is 0 Å². The van der Waals surface area contributed by atoms with Crippen molar-refractivity contribution in [3.8, 4) is 34.1 Å². The predicted octanol–water partition coefficient (Wildman–Crippen LogP) is 14.3. The number of hydrogen-bond donors (Lipinski definition) is 0. The first-order valence-corrected chi connectivity index (χ1v) is 22.4. The fraction of sp³-hybridized carbons (Fsp3) is 0.0667. The van der Waals surface area contributed by atoms with E-state index >= 15 is 0 Å². The Morgan fingerprint density at radius 3 is 2.04 bits per heavy atom. The van der Waals surface area contributed by atoms with Crippen LogP contribution in [-0.4, -0.2) is 18.5 Å². The van der Waals surface area contributed by atoms with E-state index in [1.807, 2.05) is 35.0 Å². The normalized spacial score (nSPS) is 12.0. The molecule has 8 aromatic carbocycles. The van der Waals surface area contributed by atoms with E-state index < -0.39 is 0 Å². The molecule has 0 aliphatic rings. The van der Waals surface area contributed by atoms with E-state index in [0.29, 0.717) is 11.5 Å². The molecule has 67 heavy (non-hydrogen) atoms. The van der Waals surface area contributed by atoms with Crippen LogP contribution in [0.4, 0.5) is 0 Å². The Morgan fingerprint density at radius 2 is 1.22 bits per heavy atom. The third kappa shape index (κ3) is 6.50. The van der Waals surface area contributed by atoms with Crippen LogP contribution in [0, 0.1) is 18.5 Å². The van der Waals surface area contributed by atoms with Gasteiger partial charge in [-0.3, -0.25) is 4.40 Å². The van der Waals surface area contributed by atoms with Gasteiger partial charge in [0.15, 0.2) is 12.0 Å². The summed E-state index contributed by atoms with van der Waals surface area (Å²) in [5.74, 6) is 2.00. The minimum atomic E-state index is -0.0327. The van der Waals surface area contributed by atoms with E-state index in [9.17, 15) is 0 Å². The zero-order chi connectivity index (χ0) is 44.1. The first-order valence-electron chi connectivity index (χ1n) is 22.4. The van der Waals surface area contributed by atoms with Crippen molar-refractivity contribution < 1.29 is 30.2 Å². The van der Waals surface area contributed by atoms with Gasteiger partial charge in [0.25, 0.3) is 0 Å². The molecule has 0 atom stereocenters. The number of benzene rings is 8. The van der Waals surface area contributed by atoms with Crippen molar-refractivity contribution in [3.05, 3.63) is 218 Å². The summed E-state index contributed by atoms with van der Waals surface area (Å²) in [6.45, 7) is 6.68. The number of para-hydroxylation sites is 4. The zero-order valence-corrected chi connectivity index (χ0v) is 39.2. The van der Waals surface area contributed by atoms with E-state index in [4.69, 9.17) is 9.72 Å². The molecule has 0 fully saturated rings. The van der Waals surface area contributed by atoms with Gasteiger partial charge >= 0.3 is 0 Å². The Labute approximate surface area is 401 Å². The first kappa shape index (κ1) is 40.7. The third-order valence-electron chi connectivity index (χ3n) is 13.1. The van der Waals surface area contributed by atoms with E-state index in [1.54, 1.807) is 0 Å². The zero-order valence-electron chi connectivity index (χ0n) is 36.9. The maximum atomic E-state index is 6.68. The van der Waals surface area contributed by atoms with Crippen molar-refractivity contribution in [1.29, 1.82) is 0 Å². The van der Waals surface area contributed by atoms with Crippen molar-refractivity contribution in [3.63, 3.8) is 0 Å². The van der Waals surface area contributed by atoms with Crippen LogP contribution in [0.2, 0.25) is 0 Å². The smallest absolute Gasteiger partial charge is 0.196 e. The largest absolute Gasteiger partial charge is 0.510 e. The summed E-state index contributed by atoms with van der Waals surface area (Å²) in [6.07, 6.45) is 7.86. The SMILES string of the molecule is CC(C)(C)c1ccnc(-n2c3[c-]c(Oc4[c-]c(-n5[c-][n+]6c7ccccc7c7c(-c8ccccc8)cccc7c7cccc8c9ccccc9n(c78)c6c5)ccc4)ccc3c3ccccc32)c1.[Pt]. The van der Waals surface area contributed by atoms with Gasteiger partial charge in [-0.15, -0.1) is 29.7 Å². The number of fused-ring (bicyclic) bond motifs is 13. The molecule has 0 radical (unpaired) electrons. The molecule has 7 heteroatoms. The molecule has 0 N–H and O–H groups in total. The number of hydrogen-bond acceptors (Lipinski definition) is 2. The Bertz CT molecular complexity index is 4140. The summed E-state index contributed by atoms with van der Waals surface area (Å²) >= 11 is 0. The van der Waals surface area contributed by atoms with E-state index in [0.717, 1.165) is 60.9 Å². The Kier molecular flexibility index (Phi) is 9.53. The molecule has 6 nitrogen and oxygen atoms in total. The molecule has 13 rings (SSSR count). The van der Waals surface area contributed by atoms with Crippen molar-refractivity contribution in [1.82, 2.24) is 18.5 Å². The minimum absolute atomic E-state index is 0. The van der Waals surface area contributed by atoms with Crippen LogP contribution < -0.4 is 9.14 Å². The number of imidazole rings is 1. The van der Waals surface area contributed by atoms with Gasteiger partial charge in [-0.1, -0.05) is 159 Å². The summed E-state index contributed by atoms with van der Waals surface area (Å²) in [6, 6.07) is 71.6. The number of nitrogens with zero attached hydrogens (tertiary/aromatic N) is 5. The number of rotatable bonds is 5. The summed E-state index contributed by atoms with van der Waals surface area (Å²) in [5, 5.41) is 9.24. The Balaban J connectivity index is 0.00000468. The minimum Gasteiger partial charge on any atom is -0.510 e. The number of aromatic nitrogens is 5. The summed E-state index contributed by atoms with van der Waals surface area (Å²) in [4.78, 5) is 4.87. The second-order valence-corrected chi connectivity index (χ2v) is 18.1. The second-order valence-electron chi connectivity index (χ2n) is 18.1. The van der Waals surface area contributed by atoms with E-state index in [-0.39, 0.29) is 26.5 Å². The van der Waals surface area contributed by atoms with Crippen molar-refractivity contribution in [2.75, 3.05) is 0 Å². The third-order valence-corrected chi connectivity index (χ3v) is 13.1. The van der Waals surface area contributed by atoms with Gasteiger partial charge in [-0.25, -0.2) is 4.98 Å². The van der Waals surface area contributed by atoms with Crippen LogP contribution in [0.15, 0.2) is 194 Å². The number of ether oxygens (including phenoxy) is 1. The molecule has 0 bridgehead atoms. The van der Waals surface area contributed by atoms with Gasteiger partial charge in [0.1, 0.15) is 16.9 Å². The molecule has 0 aliphatic carbocycles. The maximum Gasteiger partial charge on any atom is 0.196 e. The van der Waals surface area contributed by atoms with Gasteiger partial charge in [0, 0.05) is 72.2 Å². The van der Waals surface area contributed by atoms with Crippen LogP contribution in [0.1, 0.15) is 26.3 Å². The molecule has 0 unspecified atom stereocenters. The van der Waals surface area contributed by atoms with Crippen molar-refractivity contribution in [2.24, 2.45) is 0 Å². The molecule has 0 saturated carbocycles. The molecular formula is C60H41N5OPt-2. The summed E-state index contributed by atoms with van der Waals surface area (Å²) in [5.41, 5.74) is 10.5. The Hall–Kier alpha value is -7.79. The molecular weight excluding hydrogens is 1000 g/mol. The molecule has 0 amide bonds. The van der Waals surface area contributed by atoms with Crippen LogP contribution in [0.5, 0.6) is 11.5 Å². The van der Waals surface area contributed by atoms with Crippen molar-refractivity contribution >= 4 is 76.3 Å². The monoisotopic (exact) mass is 1040 g/mol. The van der Waals surface area contributed by atoms with E-state index in [2.05, 4.69) is 217 Å². The van der Waals surface area contributed by atoms with Crippen LogP contribution in [0.25, 0.3) is 99.0 Å². The first-order chi connectivity index (χ1) is 32.4. The predicted molar refractivity (Wildman–Crippen MR) is 268 cm³/mol. The number of pyridine rings is 1. The van der Waals surface area contributed by atoms with Gasteiger partial charge in [0.05, 0.1) is 0 Å². The average molecular weight is 1040 g/mol. The molecule has 0 saturated heterocycles. The molecule has 0 aliphatic heterocycles. The quantitative estimate of drug-likeness (QED) is 0.127. The van der Waals surface area contributed by atoms with Crippen LogP contribution in [-0.2, 0) is 26.5 Å². The molecule has 5 aromatic heterocycles. The van der Waals surface area contributed by atoms with Gasteiger partial charge in [-0.05, 0) is 67.9 Å². The van der Waals surface area contributed by atoms with Gasteiger partial charge in [0.2, 0.25) is 0 Å². The fourth-order valence-corrected chi connectivity index (χ4v) is 10.0. The standard InChI is InChI=1S/C60H41N5O.Pt/c1-60(2,3)40-32-33-61-56(34-40)64-53-28-11-7-20-45(53)47-31-30-43(36-55(47)64)66-42-19-13-18-41(35-42)62-37-57-63(38-62)52-27-10-9-22-51(52)58-44(39-16-5-4-6-17-39)23-14-24-48(58)50-26-15-25-49-46-21-8-12-29-54(46)65(57)59(49)50;/h4-34,37H,1-3H3;/q-2;. The average Bonchev–Trinajstić information content (AvgIpc) is 4.04. The fourth-order valence-electron chi connectivity index (χ4n) is 10.0. The Morgan fingerprint density at radius 1 is 0.567 bits per heavy atom. The molecule has 13 aromatic rings. The van der Waals surface area contributed by atoms with Crippen LogP contribution >= 0.6 is 0 Å². The molecule has 0 spiro atoms. The van der Waals surface area contributed by atoms with E-state index in [1.165, 1.54) is 43.6 Å². The second kappa shape index (κ2) is 15.7. The van der Waals surface area contributed by atoms with Gasteiger partial charge < -0.3 is 18.3 Å². The summed E-state index contributed by atoms with van der Waals surface area (Å²) < 4.78 is 15.5. The topological polar surface area (TPSA) is 40.5 Å². The van der Waals surface area contributed by atoms with Gasteiger partial charge in [-0.2, -0.15) is 18.2 Å². The molecule has 5 heterocycles. The van der Waals surface area contributed by atoms with Crippen molar-refractivity contribution in [2.45, 2.75) is 26.2 Å². The maximum absolute atomic E-state index is 6.68.